The van der Waals surface area contributed by atoms with Crippen LogP contribution in [0, 0.1) is 6.92 Å². The molecule has 2 aliphatic rings. The molecule has 3 rings (SSSR count). The maximum atomic E-state index is 12.4. The second kappa shape index (κ2) is 6.84. The van der Waals surface area contributed by atoms with Crippen LogP contribution in [0.5, 0.6) is 0 Å². The van der Waals surface area contributed by atoms with Crippen LogP contribution in [0.3, 0.4) is 0 Å². The topological polar surface area (TPSA) is 74.7 Å². The lowest BCUT2D eigenvalue weighted by atomic mass is 9.84. The zero-order valence-electron chi connectivity index (χ0n) is 13.7. The molecule has 0 spiro atoms. The molecule has 0 unspecified atom stereocenters. The number of aliphatic hydroxyl groups is 1. The van der Waals surface area contributed by atoms with Crippen molar-refractivity contribution in [3.63, 3.8) is 0 Å². The first kappa shape index (κ1) is 16.2. The Labute approximate surface area is 136 Å². The number of carbonyl (C=O) groups excluding carboxylic acids is 1. The molecule has 2 heterocycles. The van der Waals surface area contributed by atoms with Crippen molar-refractivity contribution in [2.24, 2.45) is 0 Å². The van der Waals surface area contributed by atoms with Crippen LogP contribution in [-0.2, 0) is 9.53 Å². The highest BCUT2D eigenvalue weighted by molar-refractivity contribution is 5.97. The minimum absolute atomic E-state index is 0.304. The molecular weight excluding hydrogens is 294 g/mol. The molecule has 2 N–H and O–H groups in total. The molecule has 0 aromatic carbocycles. The summed E-state index contributed by atoms with van der Waals surface area (Å²) in [6.07, 6.45) is 3.97. The zero-order valence-corrected chi connectivity index (χ0v) is 13.7. The third-order valence-corrected chi connectivity index (χ3v) is 4.76. The number of hydrogen-bond donors (Lipinski definition) is 2. The Morgan fingerprint density at radius 2 is 1.96 bits per heavy atom. The minimum Gasteiger partial charge on any atom is -0.380 e. The third-order valence-electron chi connectivity index (χ3n) is 4.76. The van der Waals surface area contributed by atoms with E-state index in [1.165, 1.54) is 0 Å². The second-order valence-electron chi connectivity index (χ2n) is 6.45. The quantitative estimate of drug-likeness (QED) is 0.889. The fourth-order valence-electron chi connectivity index (χ4n) is 3.25. The first-order chi connectivity index (χ1) is 11.1. The monoisotopic (exact) mass is 319 g/mol. The number of aryl methyl sites for hydroxylation is 1. The molecule has 6 nitrogen and oxygen atoms in total. The molecule has 0 radical (unpaired) electrons. The summed E-state index contributed by atoms with van der Waals surface area (Å²) in [5, 5.41) is 13.4. The van der Waals surface area contributed by atoms with E-state index in [1.807, 2.05) is 19.1 Å². The fraction of sp³-hybridized carbons (Fsp3) is 0.647. The van der Waals surface area contributed by atoms with Gasteiger partial charge in [0.15, 0.2) is 0 Å². The van der Waals surface area contributed by atoms with Crippen molar-refractivity contribution >= 4 is 17.4 Å². The summed E-state index contributed by atoms with van der Waals surface area (Å²) in [5.74, 6) is 0.599. The van der Waals surface area contributed by atoms with Crippen LogP contribution in [0.4, 0.5) is 11.5 Å². The molecular formula is C17H25N3O3. The smallest absolute Gasteiger partial charge is 0.256 e. The van der Waals surface area contributed by atoms with Gasteiger partial charge in [-0.05, 0) is 31.9 Å². The summed E-state index contributed by atoms with van der Waals surface area (Å²) in [7, 11) is 0. The highest BCUT2D eigenvalue weighted by Gasteiger charge is 2.37. The van der Waals surface area contributed by atoms with Crippen molar-refractivity contribution in [3.05, 3.63) is 17.8 Å². The number of anilines is 2. The van der Waals surface area contributed by atoms with E-state index >= 15 is 0 Å². The van der Waals surface area contributed by atoms with Gasteiger partial charge in [-0.15, -0.1) is 0 Å². The Morgan fingerprint density at radius 1 is 1.26 bits per heavy atom. The van der Waals surface area contributed by atoms with E-state index < -0.39 is 5.60 Å². The van der Waals surface area contributed by atoms with Gasteiger partial charge >= 0.3 is 0 Å². The lowest BCUT2D eigenvalue weighted by Crippen LogP contribution is -2.44. The van der Waals surface area contributed by atoms with Gasteiger partial charge < -0.3 is 20.1 Å². The molecule has 23 heavy (non-hydrogen) atoms. The summed E-state index contributed by atoms with van der Waals surface area (Å²) in [6, 6.07) is 3.79. The SMILES string of the molecule is Cc1nc(N2CCOCC2)ccc1NC(=O)C1(O)CCCCC1. The molecule has 2 fully saturated rings. The normalized spacial score (nSPS) is 21.0. The van der Waals surface area contributed by atoms with Gasteiger partial charge in [-0.1, -0.05) is 19.3 Å². The second-order valence-corrected chi connectivity index (χ2v) is 6.45. The summed E-state index contributed by atoms with van der Waals surface area (Å²) in [4.78, 5) is 19.2. The molecule has 1 aliphatic carbocycles. The fourth-order valence-corrected chi connectivity index (χ4v) is 3.25. The van der Waals surface area contributed by atoms with E-state index in [0.717, 1.165) is 43.9 Å². The average molecular weight is 319 g/mol. The van der Waals surface area contributed by atoms with Gasteiger partial charge in [0.25, 0.3) is 5.91 Å². The van der Waals surface area contributed by atoms with Gasteiger partial charge in [-0.25, -0.2) is 4.98 Å². The van der Waals surface area contributed by atoms with Crippen LogP contribution in [-0.4, -0.2) is 47.9 Å². The highest BCUT2D eigenvalue weighted by atomic mass is 16.5. The average Bonchev–Trinajstić information content (AvgIpc) is 2.58. The van der Waals surface area contributed by atoms with Crippen LogP contribution in [0.2, 0.25) is 0 Å². The molecule has 0 bridgehead atoms. The largest absolute Gasteiger partial charge is 0.380 e. The molecule has 1 aromatic heterocycles. The van der Waals surface area contributed by atoms with Crippen LogP contribution in [0.1, 0.15) is 37.8 Å². The Hall–Kier alpha value is -1.66. The zero-order chi connectivity index (χ0) is 16.3. The summed E-state index contributed by atoms with van der Waals surface area (Å²) in [6.45, 7) is 4.97. The lowest BCUT2D eigenvalue weighted by molar-refractivity contribution is -0.137. The number of amides is 1. The van der Waals surface area contributed by atoms with Gasteiger partial charge in [0.1, 0.15) is 11.4 Å². The molecule has 1 saturated carbocycles. The number of pyridine rings is 1. The number of morpholine rings is 1. The van der Waals surface area contributed by atoms with Gasteiger partial charge in [0.2, 0.25) is 0 Å². The first-order valence-electron chi connectivity index (χ1n) is 8.43. The van der Waals surface area contributed by atoms with Crippen molar-refractivity contribution in [3.8, 4) is 0 Å². The number of aromatic nitrogens is 1. The number of hydrogen-bond acceptors (Lipinski definition) is 5. The maximum absolute atomic E-state index is 12.4. The van der Waals surface area contributed by atoms with Crippen LogP contribution in [0.25, 0.3) is 0 Å². The molecule has 1 aliphatic heterocycles. The predicted octanol–water partition coefficient (Wildman–Crippen LogP) is 1.86. The van der Waals surface area contributed by atoms with E-state index in [2.05, 4.69) is 15.2 Å². The van der Waals surface area contributed by atoms with Crippen molar-refractivity contribution in [1.82, 2.24) is 4.98 Å². The van der Waals surface area contributed by atoms with Gasteiger partial charge in [0.05, 0.1) is 24.6 Å². The number of rotatable bonds is 3. The molecule has 1 aromatic rings. The number of nitrogens with one attached hydrogen (secondary N) is 1. The van der Waals surface area contributed by atoms with E-state index in [9.17, 15) is 9.90 Å². The van der Waals surface area contributed by atoms with E-state index in [-0.39, 0.29) is 5.91 Å². The van der Waals surface area contributed by atoms with Gasteiger partial charge in [-0.2, -0.15) is 0 Å². The Kier molecular flexibility index (Phi) is 4.82. The van der Waals surface area contributed by atoms with Gasteiger partial charge in [0, 0.05) is 13.1 Å². The molecule has 126 valence electrons. The summed E-state index contributed by atoms with van der Waals surface area (Å²) >= 11 is 0. The molecule has 1 saturated heterocycles. The number of carbonyl (C=O) groups is 1. The molecule has 1 amide bonds. The third kappa shape index (κ3) is 3.64. The van der Waals surface area contributed by atoms with Crippen LogP contribution < -0.4 is 10.2 Å². The van der Waals surface area contributed by atoms with Crippen molar-refractivity contribution in [1.29, 1.82) is 0 Å². The first-order valence-corrected chi connectivity index (χ1v) is 8.43. The Balaban J connectivity index is 1.69. The molecule has 0 atom stereocenters. The van der Waals surface area contributed by atoms with Crippen molar-refractivity contribution < 1.29 is 14.6 Å². The maximum Gasteiger partial charge on any atom is 0.256 e. The lowest BCUT2D eigenvalue weighted by Gasteiger charge is -2.31. The van der Waals surface area contributed by atoms with E-state index in [4.69, 9.17) is 4.74 Å². The highest BCUT2D eigenvalue weighted by Crippen LogP contribution is 2.30. The Morgan fingerprint density at radius 3 is 2.61 bits per heavy atom. The van der Waals surface area contributed by atoms with Gasteiger partial charge in [-0.3, -0.25) is 4.79 Å². The van der Waals surface area contributed by atoms with Crippen LogP contribution >= 0.6 is 0 Å². The molecule has 6 heteroatoms. The van der Waals surface area contributed by atoms with Crippen LogP contribution in [0.15, 0.2) is 12.1 Å². The Bertz CT molecular complexity index is 564. The van der Waals surface area contributed by atoms with Crippen molar-refractivity contribution in [2.75, 3.05) is 36.5 Å². The number of ether oxygens (including phenoxy) is 1. The summed E-state index contributed by atoms with van der Waals surface area (Å²) in [5.41, 5.74) is 0.209. The summed E-state index contributed by atoms with van der Waals surface area (Å²) < 4.78 is 5.35. The minimum atomic E-state index is -1.23. The van der Waals surface area contributed by atoms with Crippen molar-refractivity contribution in [2.45, 2.75) is 44.6 Å². The van der Waals surface area contributed by atoms with E-state index in [1.54, 1.807) is 0 Å². The standard InChI is InChI=1S/C17H25N3O3/c1-13-14(19-16(21)17(22)7-3-2-4-8-17)5-6-15(18-13)20-9-11-23-12-10-20/h5-6,22H,2-4,7-12H2,1H3,(H,19,21). The van der Waals surface area contributed by atoms with E-state index in [0.29, 0.717) is 31.7 Å². The number of nitrogens with zero attached hydrogens (tertiary/aromatic N) is 2. The predicted molar refractivity (Wildman–Crippen MR) is 88.7 cm³/mol.